The minimum atomic E-state index is -0.365. The molecule has 28 heavy (non-hydrogen) atoms. The predicted octanol–water partition coefficient (Wildman–Crippen LogP) is 2.66. The van der Waals surface area contributed by atoms with Crippen LogP contribution in [0.1, 0.15) is 12.5 Å². The number of rotatable bonds is 5. The summed E-state index contributed by atoms with van der Waals surface area (Å²) in [5, 5.41) is 0. The van der Waals surface area contributed by atoms with E-state index in [4.69, 9.17) is 14.2 Å². The Bertz CT molecular complexity index is 1120. The van der Waals surface area contributed by atoms with Gasteiger partial charge in [-0.05, 0) is 36.8 Å². The Morgan fingerprint density at radius 1 is 1.18 bits per heavy atom. The van der Waals surface area contributed by atoms with E-state index in [9.17, 15) is 9.59 Å². The van der Waals surface area contributed by atoms with Gasteiger partial charge < -0.3 is 18.8 Å². The SMILES string of the molecule is CCOC(=O)Cn1c(=NC(=O)Cc2ccc3c(c2)OCO3)sc2ccccc21. The molecule has 0 saturated carbocycles. The fourth-order valence-corrected chi connectivity index (χ4v) is 4.01. The minimum Gasteiger partial charge on any atom is -0.465 e. The molecule has 144 valence electrons. The number of carbonyl (C=O) groups excluding carboxylic acids is 2. The van der Waals surface area contributed by atoms with Crippen molar-refractivity contribution in [1.82, 2.24) is 4.57 Å². The highest BCUT2D eigenvalue weighted by molar-refractivity contribution is 7.16. The second kappa shape index (κ2) is 7.85. The number of benzene rings is 2. The molecule has 1 aliphatic rings. The summed E-state index contributed by atoms with van der Waals surface area (Å²) < 4.78 is 18.3. The third-order valence-electron chi connectivity index (χ3n) is 4.19. The number of hydrogen-bond donors (Lipinski definition) is 0. The van der Waals surface area contributed by atoms with Gasteiger partial charge in [0, 0.05) is 0 Å². The summed E-state index contributed by atoms with van der Waals surface area (Å²) >= 11 is 1.37. The molecule has 0 aliphatic carbocycles. The number of carbonyl (C=O) groups is 2. The molecule has 0 spiro atoms. The highest BCUT2D eigenvalue weighted by Crippen LogP contribution is 2.32. The van der Waals surface area contributed by atoms with Crippen molar-refractivity contribution in [2.45, 2.75) is 19.9 Å². The molecule has 4 rings (SSSR count). The Morgan fingerprint density at radius 3 is 2.86 bits per heavy atom. The van der Waals surface area contributed by atoms with Gasteiger partial charge in [-0.1, -0.05) is 29.5 Å². The number of thiazole rings is 1. The van der Waals surface area contributed by atoms with Gasteiger partial charge in [0.2, 0.25) is 6.79 Å². The van der Waals surface area contributed by atoms with Crippen LogP contribution in [0.5, 0.6) is 11.5 Å². The van der Waals surface area contributed by atoms with E-state index < -0.39 is 0 Å². The van der Waals surface area contributed by atoms with Gasteiger partial charge in [-0.2, -0.15) is 4.99 Å². The van der Waals surface area contributed by atoms with Crippen molar-refractivity contribution in [3.05, 3.63) is 52.8 Å². The lowest BCUT2D eigenvalue weighted by Gasteiger charge is -2.05. The van der Waals surface area contributed by atoms with E-state index in [2.05, 4.69) is 4.99 Å². The molecule has 0 bridgehead atoms. The van der Waals surface area contributed by atoms with Gasteiger partial charge in [-0.25, -0.2) is 0 Å². The van der Waals surface area contributed by atoms with Crippen LogP contribution in [-0.4, -0.2) is 29.8 Å². The van der Waals surface area contributed by atoms with Gasteiger partial charge in [-0.3, -0.25) is 9.59 Å². The van der Waals surface area contributed by atoms with Crippen molar-refractivity contribution >= 4 is 33.4 Å². The molecule has 1 aromatic heterocycles. The van der Waals surface area contributed by atoms with Crippen LogP contribution < -0.4 is 14.3 Å². The standard InChI is InChI=1S/C20H18N2O5S/c1-2-25-19(24)11-22-14-5-3-4-6-17(14)28-20(22)21-18(23)10-13-7-8-15-16(9-13)27-12-26-15/h3-9H,2,10-12H2,1H3. The molecule has 1 aliphatic heterocycles. The number of hydrogen-bond acceptors (Lipinski definition) is 6. The van der Waals surface area contributed by atoms with Crippen LogP contribution >= 0.6 is 11.3 Å². The zero-order chi connectivity index (χ0) is 19.5. The Balaban J connectivity index is 1.64. The van der Waals surface area contributed by atoms with E-state index in [-0.39, 0.29) is 31.6 Å². The fourth-order valence-electron chi connectivity index (χ4n) is 2.97. The maximum absolute atomic E-state index is 12.6. The van der Waals surface area contributed by atoms with E-state index in [1.54, 1.807) is 23.6 Å². The molecule has 0 saturated heterocycles. The molecular formula is C20H18N2O5S. The van der Waals surface area contributed by atoms with E-state index in [0.29, 0.717) is 22.9 Å². The fraction of sp³-hybridized carbons (Fsp3) is 0.250. The summed E-state index contributed by atoms with van der Waals surface area (Å²) in [6.45, 7) is 2.26. The maximum Gasteiger partial charge on any atom is 0.326 e. The first kappa shape index (κ1) is 18.2. The van der Waals surface area contributed by atoms with E-state index in [1.165, 1.54) is 11.3 Å². The summed E-state index contributed by atoms with van der Waals surface area (Å²) in [7, 11) is 0. The first-order valence-corrected chi connectivity index (χ1v) is 9.66. The zero-order valence-electron chi connectivity index (χ0n) is 15.2. The molecule has 2 aromatic carbocycles. The maximum atomic E-state index is 12.6. The van der Waals surface area contributed by atoms with Crippen LogP contribution in [-0.2, 0) is 27.3 Å². The van der Waals surface area contributed by atoms with Crippen LogP contribution in [0, 0.1) is 0 Å². The first-order chi connectivity index (χ1) is 13.6. The van der Waals surface area contributed by atoms with Gasteiger partial charge in [-0.15, -0.1) is 0 Å². The van der Waals surface area contributed by atoms with Gasteiger partial charge >= 0.3 is 5.97 Å². The second-order valence-electron chi connectivity index (χ2n) is 6.11. The van der Waals surface area contributed by atoms with Crippen molar-refractivity contribution in [2.24, 2.45) is 4.99 Å². The molecule has 0 radical (unpaired) electrons. The predicted molar refractivity (Wildman–Crippen MR) is 103 cm³/mol. The van der Waals surface area contributed by atoms with Crippen LogP contribution in [0.2, 0.25) is 0 Å². The smallest absolute Gasteiger partial charge is 0.326 e. The number of ether oxygens (including phenoxy) is 3. The highest BCUT2D eigenvalue weighted by atomic mass is 32.1. The molecule has 0 unspecified atom stereocenters. The van der Waals surface area contributed by atoms with Gasteiger partial charge in [0.25, 0.3) is 5.91 Å². The van der Waals surface area contributed by atoms with E-state index >= 15 is 0 Å². The van der Waals surface area contributed by atoms with Crippen molar-refractivity contribution in [1.29, 1.82) is 0 Å². The summed E-state index contributed by atoms with van der Waals surface area (Å²) in [6.07, 6.45) is 0.129. The average Bonchev–Trinajstić information content (AvgIpc) is 3.26. The molecule has 0 fully saturated rings. The summed E-state index contributed by atoms with van der Waals surface area (Å²) in [4.78, 5) is 29.3. The van der Waals surface area contributed by atoms with Crippen molar-refractivity contribution in [2.75, 3.05) is 13.4 Å². The molecule has 0 N–H and O–H groups in total. The lowest BCUT2D eigenvalue weighted by molar-refractivity contribution is -0.143. The van der Waals surface area contributed by atoms with Gasteiger partial charge in [0.1, 0.15) is 6.54 Å². The van der Waals surface area contributed by atoms with Crippen molar-refractivity contribution in [3.8, 4) is 11.5 Å². The topological polar surface area (TPSA) is 79.1 Å². The average molecular weight is 398 g/mol. The number of aromatic nitrogens is 1. The summed E-state index contributed by atoms with van der Waals surface area (Å²) in [5.41, 5.74) is 1.63. The van der Waals surface area contributed by atoms with Crippen LogP contribution in [0.4, 0.5) is 0 Å². The quantitative estimate of drug-likeness (QED) is 0.618. The van der Waals surface area contributed by atoms with Gasteiger partial charge in [0.05, 0.1) is 23.2 Å². The lowest BCUT2D eigenvalue weighted by Crippen LogP contribution is -2.23. The normalized spacial score (nSPS) is 13.1. The number of para-hydroxylation sites is 1. The van der Waals surface area contributed by atoms with Gasteiger partial charge in [0.15, 0.2) is 16.3 Å². The number of amides is 1. The second-order valence-corrected chi connectivity index (χ2v) is 7.12. The zero-order valence-corrected chi connectivity index (χ0v) is 16.0. The molecule has 3 aromatic rings. The minimum absolute atomic E-state index is 0.00793. The van der Waals surface area contributed by atoms with Crippen molar-refractivity contribution in [3.63, 3.8) is 0 Å². The Morgan fingerprint density at radius 2 is 2.00 bits per heavy atom. The Labute approximate surface area is 164 Å². The van der Waals surface area contributed by atoms with Crippen LogP contribution in [0.15, 0.2) is 47.5 Å². The number of fused-ring (bicyclic) bond motifs is 2. The Hall–Kier alpha value is -3.13. The first-order valence-electron chi connectivity index (χ1n) is 8.84. The summed E-state index contributed by atoms with van der Waals surface area (Å²) in [5.74, 6) is 0.633. The van der Waals surface area contributed by atoms with E-state index in [1.807, 2.05) is 30.3 Å². The third kappa shape index (κ3) is 3.77. The molecule has 7 nitrogen and oxygen atoms in total. The number of esters is 1. The molecule has 0 atom stereocenters. The molecule has 2 heterocycles. The largest absolute Gasteiger partial charge is 0.465 e. The highest BCUT2D eigenvalue weighted by Gasteiger charge is 2.15. The lowest BCUT2D eigenvalue weighted by atomic mass is 10.1. The Kier molecular flexibility index (Phi) is 5.12. The monoisotopic (exact) mass is 398 g/mol. The van der Waals surface area contributed by atoms with E-state index in [0.717, 1.165) is 15.8 Å². The number of nitrogens with zero attached hydrogens (tertiary/aromatic N) is 2. The molecular weight excluding hydrogens is 380 g/mol. The van der Waals surface area contributed by atoms with Crippen LogP contribution in [0.25, 0.3) is 10.2 Å². The van der Waals surface area contributed by atoms with Crippen molar-refractivity contribution < 1.29 is 23.8 Å². The molecule has 1 amide bonds. The third-order valence-corrected chi connectivity index (χ3v) is 5.25. The molecule has 8 heteroatoms. The summed E-state index contributed by atoms with van der Waals surface area (Å²) in [6, 6.07) is 13.0. The van der Waals surface area contributed by atoms with Crippen LogP contribution in [0.3, 0.4) is 0 Å².